The van der Waals surface area contributed by atoms with Crippen LogP contribution in [0.3, 0.4) is 0 Å². The van der Waals surface area contributed by atoms with Gasteiger partial charge in [-0.25, -0.2) is 4.79 Å². The van der Waals surface area contributed by atoms with Crippen molar-refractivity contribution in [3.63, 3.8) is 0 Å². The Balaban J connectivity index is 1.38. The summed E-state index contributed by atoms with van der Waals surface area (Å²) < 4.78 is 22.8. The number of ether oxygens (including phenoxy) is 2. The number of nitro groups is 1. The number of para-hydroxylation sites is 1. The van der Waals surface area contributed by atoms with Crippen LogP contribution in [-0.4, -0.2) is 61.0 Å². The van der Waals surface area contributed by atoms with Gasteiger partial charge in [0.05, 0.1) is 4.92 Å². The van der Waals surface area contributed by atoms with E-state index in [-0.39, 0.29) is 18.9 Å². The van der Waals surface area contributed by atoms with Gasteiger partial charge in [0, 0.05) is 12.1 Å². The number of hydrogen-bond acceptors (Lipinski definition) is 8. The zero-order valence-corrected chi connectivity index (χ0v) is 19.7. The van der Waals surface area contributed by atoms with E-state index < -0.39 is 56.1 Å². The summed E-state index contributed by atoms with van der Waals surface area (Å²) >= 11 is -1.66. The van der Waals surface area contributed by atoms with Crippen LogP contribution in [0.25, 0.3) is 0 Å². The Bertz CT molecular complexity index is 1140. The van der Waals surface area contributed by atoms with Gasteiger partial charge in [-0.3, -0.25) is 24.6 Å². The quantitative estimate of drug-likeness (QED) is 0.187. The van der Waals surface area contributed by atoms with E-state index in [9.17, 15) is 29.1 Å². The van der Waals surface area contributed by atoms with E-state index in [0.717, 1.165) is 0 Å². The van der Waals surface area contributed by atoms with Gasteiger partial charge in [0.2, 0.25) is 5.37 Å². The fraction of sp³-hybridized carbons (Fsp3) is 0.348. The Hall–Kier alpha value is -3.64. The molecule has 11 nitrogen and oxygen atoms in total. The van der Waals surface area contributed by atoms with Crippen molar-refractivity contribution in [3.05, 3.63) is 70.3 Å². The van der Waals surface area contributed by atoms with E-state index >= 15 is 0 Å². The molecule has 2 aromatic rings. The van der Waals surface area contributed by atoms with Crippen LogP contribution in [0.2, 0.25) is 0 Å². The van der Waals surface area contributed by atoms with Crippen LogP contribution in [0.1, 0.15) is 19.4 Å². The molecule has 0 spiro atoms. The van der Waals surface area contributed by atoms with E-state index in [2.05, 4.69) is 5.32 Å². The van der Waals surface area contributed by atoms with E-state index in [1.165, 1.54) is 29.2 Å². The van der Waals surface area contributed by atoms with E-state index in [0.29, 0.717) is 11.3 Å². The minimum atomic E-state index is -1.66. The van der Waals surface area contributed by atoms with Crippen LogP contribution in [0.15, 0.2) is 54.6 Å². The smallest absolute Gasteiger partial charge is 0.334 e. The number of esters is 1. The number of fused-ring (bicyclic) bond motifs is 1. The van der Waals surface area contributed by atoms with Gasteiger partial charge >= 0.3 is 5.97 Å². The number of β-lactam (4-membered cyclic amide) rings is 1. The lowest BCUT2D eigenvalue weighted by molar-refractivity contribution is -0.384. The van der Waals surface area contributed by atoms with Crippen LogP contribution in [0.5, 0.6) is 5.75 Å². The van der Waals surface area contributed by atoms with E-state index in [1.54, 1.807) is 44.2 Å². The number of hydrogen-bond donors (Lipinski definition) is 1. The van der Waals surface area contributed by atoms with Crippen LogP contribution >= 0.6 is 0 Å². The highest BCUT2D eigenvalue weighted by Gasteiger charge is 2.73. The molecule has 0 aliphatic carbocycles. The zero-order valence-electron chi connectivity index (χ0n) is 18.9. The minimum absolute atomic E-state index is 0.0938. The molecule has 0 radical (unpaired) electrons. The number of nitro benzene ring substituents is 1. The molecule has 4 atom stereocenters. The molecule has 0 bridgehead atoms. The summed E-state index contributed by atoms with van der Waals surface area (Å²) in [5.41, 5.74) is 0.430. The number of amides is 2. The number of non-ortho nitro benzene ring substituents is 1. The average molecular weight is 502 g/mol. The number of rotatable bonds is 8. The molecule has 2 aromatic carbocycles. The van der Waals surface area contributed by atoms with Crippen LogP contribution < -0.4 is 10.1 Å². The maximum absolute atomic E-state index is 13.2. The molecular formula is C23H23N3O8S. The highest BCUT2D eigenvalue weighted by Crippen LogP contribution is 2.46. The molecule has 12 heteroatoms. The summed E-state index contributed by atoms with van der Waals surface area (Å²) in [5.74, 6) is -1.33. The zero-order chi connectivity index (χ0) is 25.3. The summed E-state index contributed by atoms with van der Waals surface area (Å²) in [7, 11) is 0. The Morgan fingerprint density at radius 3 is 2.43 bits per heavy atom. The largest absolute Gasteiger partial charge is 0.614 e. The van der Waals surface area contributed by atoms with Crippen molar-refractivity contribution >= 4 is 34.6 Å². The maximum atomic E-state index is 13.2. The van der Waals surface area contributed by atoms with Gasteiger partial charge in [-0.1, -0.05) is 18.2 Å². The first kappa shape index (κ1) is 24.5. The Labute approximate surface area is 203 Å². The van der Waals surface area contributed by atoms with Crippen molar-refractivity contribution in [2.75, 3.05) is 6.61 Å². The molecule has 2 aliphatic rings. The topological polar surface area (TPSA) is 151 Å². The SMILES string of the molecule is CC1(C)C(C(=O)OCc2ccc([N+](=O)[O-])cc2)N2C(=O)C(NC(=O)COc3ccccc3)[C@H]2[S+]1[O-]. The molecule has 2 aliphatic heterocycles. The van der Waals surface area contributed by atoms with Crippen molar-refractivity contribution in [1.82, 2.24) is 10.2 Å². The van der Waals surface area contributed by atoms with Crippen molar-refractivity contribution in [2.45, 2.75) is 42.7 Å². The lowest BCUT2D eigenvalue weighted by Crippen LogP contribution is -2.72. The molecule has 4 rings (SSSR count). The summed E-state index contributed by atoms with van der Waals surface area (Å²) in [6.45, 7) is 2.71. The summed E-state index contributed by atoms with van der Waals surface area (Å²) in [4.78, 5) is 49.5. The van der Waals surface area contributed by atoms with Crippen molar-refractivity contribution in [3.8, 4) is 5.75 Å². The number of carbonyl (C=O) groups excluding carboxylic acids is 3. The lowest BCUT2D eigenvalue weighted by atomic mass is 9.96. The first-order valence-corrected chi connectivity index (χ1v) is 11.9. The Kier molecular flexibility index (Phi) is 6.68. The summed E-state index contributed by atoms with van der Waals surface area (Å²) in [5, 5.41) is 12.5. The summed E-state index contributed by atoms with van der Waals surface area (Å²) in [6, 6.07) is 12.1. The first-order valence-electron chi connectivity index (χ1n) is 10.7. The van der Waals surface area contributed by atoms with Crippen LogP contribution in [-0.2, 0) is 36.9 Å². The van der Waals surface area contributed by atoms with Gasteiger partial charge in [0.1, 0.15) is 12.4 Å². The predicted octanol–water partition coefficient (Wildman–Crippen LogP) is 1.28. The third kappa shape index (κ3) is 4.66. The van der Waals surface area contributed by atoms with Crippen molar-refractivity contribution < 1.29 is 33.3 Å². The van der Waals surface area contributed by atoms with Crippen molar-refractivity contribution in [1.29, 1.82) is 0 Å². The van der Waals surface area contributed by atoms with Crippen molar-refractivity contribution in [2.24, 2.45) is 0 Å². The fourth-order valence-electron chi connectivity index (χ4n) is 4.10. The Morgan fingerprint density at radius 1 is 1.14 bits per heavy atom. The first-order chi connectivity index (χ1) is 16.6. The van der Waals surface area contributed by atoms with Gasteiger partial charge in [-0.15, -0.1) is 0 Å². The molecule has 35 heavy (non-hydrogen) atoms. The molecular weight excluding hydrogens is 478 g/mol. The van der Waals surface area contributed by atoms with Gasteiger partial charge < -0.3 is 19.3 Å². The number of benzene rings is 2. The predicted molar refractivity (Wildman–Crippen MR) is 123 cm³/mol. The second-order valence-corrected chi connectivity index (χ2v) is 10.7. The number of nitrogens with zero attached hydrogens (tertiary/aromatic N) is 2. The van der Waals surface area contributed by atoms with Gasteiger partial charge in [0.25, 0.3) is 17.5 Å². The van der Waals surface area contributed by atoms with Gasteiger partial charge in [0.15, 0.2) is 23.4 Å². The maximum Gasteiger partial charge on any atom is 0.334 e. The molecule has 2 heterocycles. The van der Waals surface area contributed by atoms with E-state index in [4.69, 9.17) is 9.47 Å². The normalized spacial score (nSPS) is 24.2. The summed E-state index contributed by atoms with van der Waals surface area (Å²) in [6.07, 6.45) is 0. The van der Waals surface area contributed by atoms with Gasteiger partial charge in [-0.2, -0.15) is 0 Å². The molecule has 2 saturated heterocycles. The van der Waals surface area contributed by atoms with E-state index in [1.807, 2.05) is 0 Å². The second-order valence-electron chi connectivity index (χ2n) is 8.62. The molecule has 2 amide bonds. The third-order valence-electron chi connectivity index (χ3n) is 5.94. The molecule has 1 N–H and O–H groups in total. The number of carbonyl (C=O) groups is 3. The fourth-order valence-corrected chi connectivity index (χ4v) is 6.02. The van der Waals surface area contributed by atoms with Crippen LogP contribution in [0, 0.1) is 10.1 Å². The molecule has 0 saturated carbocycles. The highest BCUT2D eigenvalue weighted by atomic mass is 32.2. The standard InChI is InChI=1S/C23H23N3O8S/c1-23(2)19(22(29)34-12-14-8-10-15(11-9-14)26(30)31)25-20(28)18(21(25)35(23)32)24-17(27)13-33-16-6-4-3-5-7-16/h3-11,18-19,21H,12-13H2,1-2H3,(H,24,27)/t18?,19?,21-,35?/m1/s1. The minimum Gasteiger partial charge on any atom is -0.614 e. The monoisotopic (exact) mass is 501 g/mol. The molecule has 0 aromatic heterocycles. The van der Waals surface area contributed by atoms with Gasteiger partial charge in [-0.05, 0) is 54.9 Å². The number of nitrogens with one attached hydrogen (secondary N) is 1. The lowest BCUT2D eigenvalue weighted by Gasteiger charge is -2.41. The molecule has 3 unspecified atom stereocenters. The second kappa shape index (κ2) is 9.55. The molecule has 184 valence electrons. The van der Waals surface area contributed by atoms with Crippen LogP contribution in [0.4, 0.5) is 5.69 Å². The third-order valence-corrected chi connectivity index (χ3v) is 8.13. The highest BCUT2D eigenvalue weighted by molar-refractivity contribution is 7.94. The average Bonchev–Trinajstić information content (AvgIpc) is 3.03. The molecule has 2 fully saturated rings. The Morgan fingerprint density at radius 2 is 1.80 bits per heavy atom.